The molecule has 6 nitrogen and oxygen atoms in total. The zero-order valence-electron chi connectivity index (χ0n) is 13.1. The Bertz CT molecular complexity index is 680. The van der Waals surface area contributed by atoms with Crippen molar-refractivity contribution in [1.29, 1.82) is 0 Å². The molecule has 3 rings (SSSR count). The van der Waals surface area contributed by atoms with Crippen LogP contribution >= 0.6 is 11.3 Å². The number of hydrogen-bond donors (Lipinski definition) is 1. The molecule has 7 heteroatoms. The van der Waals surface area contributed by atoms with Crippen molar-refractivity contribution in [2.24, 2.45) is 0 Å². The Labute approximate surface area is 139 Å². The van der Waals surface area contributed by atoms with Gasteiger partial charge in [-0.3, -0.25) is 9.59 Å². The summed E-state index contributed by atoms with van der Waals surface area (Å²) < 4.78 is 1.87. The van der Waals surface area contributed by atoms with Gasteiger partial charge in [0.25, 0.3) is 0 Å². The van der Waals surface area contributed by atoms with E-state index in [9.17, 15) is 9.59 Å². The summed E-state index contributed by atoms with van der Waals surface area (Å²) in [5.41, 5.74) is 0.900. The van der Waals surface area contributed by atoms with Crippen molar-refractivity contribution < 1.29 is 9.59 Å². The molecule has 2 aromatic heterocycles. The fourth-order valence-corrected chi connectivity index (χ4v) is 3.41. The van der Waals surface area contributed by atoms with Gasteiger partial charge in [-0.2, -0.15) is 0 Å². The summed E-state index contributed by atoms with van der Waals surface area (Å²) in [6.45, 7) is 3.42. The predicted octanol–water partition coefficient (Wildman–Crippen LogP) is 1.94. The monoisotopic (exact) mass is 332 g/mol. The lowest BCUT2D eigenvalue weighted by molar-refractivity contribution is -0.135. The topological polar surface area (TPSA) is 67.2 Å². The third-order valence-corrected chi connectivity index (χ3v) is 4.84. The molecule has 1 aliphatic heterocycles. The number of nitrogens with zero attached hydrogens (tertiary/aromatic N) is 3. The zero-order valence-corrected chi connectivity index (χ0v) is 13.9. The number of aromatic nitrogens is 2. The average Bonchev–Trinajstić information content (AvgIpc) is 3.22. The van der Waals surface area contributed by atoms with E-state index in [-0.39, 0.29) is 11.8 Å². The van der Waals surface area contributed by atoms with Gasteiger partial charge in [0, 0.05) is 17.5 Å². The SMILES string of the molecule is CCCC(=O)N1Cc2cncn2[C@H](C(=O)NCc2cccs2)C1. The highest BCUT2D eigenvalue weighted by Gasteiger charge is 2.31. The van der Waals surface area contributed by atoms with Crippen molar-refractivity contribution in [2.75, 3.05) is 6.54 Å². The Morgan fingerprint density at radius 3 is 3.09 bits per heavy atom. The highest BCUT2D eigenvalue weighted by atomic mass is 32.1. The lowest BCUT2D eigenvalue weighted by Crippen LogP contribution is -2.46. The maximum absolute atomic E-state index is 12.6. The molecule has 2 amide bonds. The number of carbonyl (C=O) groups is 2. The fraction of sp³-hybridized carbons (Fsp3) is 0.438. The molecule has 0 saturated carbocycles. The van der Waals surface area contributed by atoms with E-state index in [1.54, 1.807) is 28.8 Å². The van der Waals surface area contributed by atoms with Gasteiger partial charge in [-0.25, -0.2) is 4.98 Å². The minimum absolute atomic E-state index is 0.0772. The molecule has 0 fully saturated rings. The van der Waals surface area contributed by atoms with E-state index in [2.05, 4.69) is 10.3 Å². The number of amides is 2. The Morgan fingerprint density at radius 1 is 1.48 bits per heavy atom. The van der Waals surface area contributed by atoms with E-state index in [4.69, 9.17) is 0 Å². The van der Waals surface area contributed by atoms with Crippen LogP contribution in [-0.4, -0.2) is 32.8 Å². The van der Waals surface area contributed by atoms with Gasteiger partial charge in [0.2, 0.25) is 11.8 Å². The van der Waals surface area contributed by atoms with Crippen LogP contribution in [0.5, 0.6) is 0 Å². The van der Waals surface area contributed by atoms with Crippen LogP contribution in [0.15, 0.2) is 30.0 Å². The second-order valence-electron chi connectivity index (χ2n) is 5.63. The third kappa shape index (κ3) is 3.44. The van der Waals surface area contributed by atoms with Gasteiger partial charge in [0.15, 0.2) is 0 Å². The summed E-state index contributed by atoms with van der Waals surface area (Å²) in [6, 6.07) is 3.54. The molecule has 0 unspecified atom stereocenters. The van der Waals surface area contributed by atoms with Crippen molar-refractivity contribution in [2.45, 2.75) is 38.9 Å². The minimum Gasteiger partial charge on any atom is -0.349 e. The van der Waals surface area contributed by atoms with Crippen molar-refractivity contribution in [3.63, 3.8) is 0 Å². The van der Waals surface area contributed by atoms with Crippen LogP contribution in [0.3, 0.4) is 0 Å². The molecule has 122 valence electrons. The molecule has 2 aromatic rings. The first kappa shape index (κ1) is 15.7. The zero-order chi connectivity index (χ0) is 16.2. The van der Waals surface area contributed by atoms with Gasteiger partial charge < -0.3 is 14.8 Å². The van der Waals surface area contributed by atoms with E-state index in [1.165, 1.54) is 0 Å². The Morgan fingerprint density at radius 2 is 2.35 bits per heavy atom. The maximum Gasteiger partial charge on any atom is 0.245 e. The molecule has 0 aliphatic carbocycles. The molecule has 0 aromatic carbocycles. The third-order valence-electron chi connectivity index (χ3n) is 3.96. The quantitative estimate of drug-likeness (QED) is 0.910. The smallest absolute Gasteiger partial charge is 0.245 e. The van der Waals surface area contributed by atoms with Gasteiger partial charge in [0.05, 0.1) is 31.7 Å². The first-order chi connectivity index (χ1) is 11.2. The van der Waals surface area contributed by atoms with Crippen molar-refractivity contribution in [3.8, 4) is 0 Å². The van der Waals surface area contributed by atoms with Gasteiger partial charge in [-0.15, -0.1) is 11.3 Å². The summed E-state index contributed by atoms with van der Waals surface area (Å²) in [7, 11) is 0. The molecule has 1 atom stereocenters. The normalized spacial score (nSPS) is 16.9. The van der Waals surface area contributed by atoms with Crippen LogP contribution in [0.1, 0.15) is 36.4 Å². The molecule has 23 heavy (non-hydrogen) atoms. The van der Waals surface area contributed by atoms with Gasteiger partial charge in [-0.1, -0.05) is 13.0 Å². The van der Waals surface area contributed by atoms with E-state index in [1.807, 2.05) is 29.0 Å². The van der Waals surface area contributed by atoms with Crippen LogP contribution < -0.4 is 5.32 Å². The molecule has 0 radical (unpaired) electrons. The van der Waals surface area contributed by atoms with Crippen LogP contribution in [0.2, 0.25) is 0 Å². The standard InChI is InChI=1S/C16H20N4O2S/c1-2-4-15(21)19-9-12-7-17-11-20(12)14(10-19)16(22)18-8-13-5-3-6-23-13/h3,5-7,11,14H,2,4,8-10H2,1H3,(H,18,22)/t14-/m0/s1. The van der Waals surface area contributed by atoms with Crippen LogP contribution in [-0.2, 0) is 22.7 Å². The number of hydrogen-bond acceptors (Lipinski definition) is 4. The van der Waals surface area contributed by atoms with Crippen LogP contribution in [0, 0.1) is 0 Å². The van der Waals surface area contributed by atoms with Gasteiger partial charge in [0.1, 0.15) is 6.04 Å². The molecular formula is C16H20N4O2S. The molecule has 0 bridgehead atoms. The molecule has 1 aliphatic rings. The Balaban J connectivity index is 1.72. The van der Waals surface area contributed by atoms with E-state index < -0.39 is 6.04 Å². The summed E-state index contributed by atoms with van der Waals surface area (Å²) in [4.78, 5) is 31.8. The first-order valence-corrected chi connectivity index (χ1v) is 8.65. The summed E-state index contributed by atoms with van der Waals surface area (Å²) in [6.07, 6.45) is 4.72. The highest BCUT2D eigenvalue weighted by molar-refractivity contribution is 7.09. The fourth-order valence-electron chi connectivity index (χ4n) is 2.77. The number of thiophene rings is 1. The van der Waals surface area contributed by atoms with E-state index in [0.717, 1.165) is 17.0 Å². The van der Waals surface area contributed by atoms with E-state index >= 15 is 0 Å². The maximum atomic E-state index is 12.6. The minimum atomic E-state index is -0.415. The Hall–Kier alpha value is -2.15. The molecule has 0 spiro atoms. The van der Waals surface area contributed by atoms with Gasteiger partial charge >= 0.3 is 0 Å². The van der Waals surface area contributed by atoms with E-state index in [0.29, 0.717) is 26.1 Å². The molecule has 3 heterocycles. The molecule has 1 N–H and O–H groups in total. The lowest BCUT2D eigenvalue weighted by Gasteiger charge is -2.33. The molecular weight excluding hydrogens is 312 g/mol. The predicted molar refractivity (Wildman–Crippen MR) is 87.8 cm³/mol. The summed E-state index contributed by atoms with van der Waals surface area (Å²) in [5, 5.41) is 4.95. The van der Waals surface area contributed by atoms with Crippen LogP contribution in [0.4, 0.5) is 0 Å². The number of imidazole rings is 1. The lowest BCUT2D eigenvalue weighted by atomic mass is 10.1. The van der Waals surface area contributed by atoms with Gasteiger partial charge in [-0.05, 0) is 17.9 Å². The number of rotatable bonds is 5. The number of carbonyl (C=O) groups excluding carboxylic acids is 2. The second kappa shape index (κ2) is 6.95. The van der Waals surface area contributed by atoms with Crippen LogP contribution in [0.25, 0.3) is 0 Å². The summed E-state index contributed by atoms with van der Waals surface area (Å²) in [5.74, 6) is 0.0163. The number of fused-ring (bicyclic) bond motifs is 1. The largest absolute Gasteiger partial charge is 0.349 e. The second-order valence-corrected chi connectivity index (χ2v) is 6.66. The van der Waals surface area contributed by atoms with Crippen molar-refractivity contribution >= 4 is 23.2 Å². The van der Waals surface area contributed by atoms with Crippen molar-refractivity contribution in [3.05, 3.63) is 40.6 Å². The Kier molecular flexibility index (Phi) is 4.76. The summed E-state index contributed by atoms with van der Waals surface area (Å²) >= 11 is 1.61. The highest BCUT2D eigenvalue weighted by Crippen LogP contribution is 2.22. The number of nitrogens with one attached hydrogen (secondary N) is 1. The molecule has 0 saturated heterocycles. The average molecular weight is 332 g/mol. The first-order valence-electron chi connectivity index (χ1n) is 7.77. The van der Waals surface area contributed by atoms with Crippen molar-refractivity contribution in [1.82, 2.24) is 19.8 Å².